The van der Waals surface area contributed by atoms with Gasteiger partial charge in [0.1, 0.15) is 5.78 Å². The largest absolute Gasteiger partial charge is 0.481 e. The summed E-state index contributed by atoms with van der Waals surface area (Å²) < 4.78 is 0. The quantitative estimate of drug-likeness (QED) is 0.571. The summed E-state index contributed by atoms with van der Waals surface area (Å²) in [6.45, 7) is 12.0. The molecule has 0 aromatic heterocycles. The Labute approximate surface area is 182 Å². The maximum atomic E-state index is 12.8. The molecule has 1 N–H and O–H groups in total. The minimum Gasteiger partial charge on any atom is -0.481 e. The number of Topliss-reactive ketones (excluding diaryl/α,β-unsaturated/α-hetero) is 1. The predicted octanol–water partition coefficient (Wildman–Crippen LogP) is 6.50. The van der Waals surface area contributed by atoms with Gasteiger partial charge in [0.25, 0.3) is 0 Å². The molecular formula is C27H42O3. The number of hydrogen-bond acceptors (Lipinski definition) is 2. The fourth-order valence-electron chi connectivity index (χ4n) is 10.7. The molecule has 8 unspecified atom stereocenters. The van der Waals surface area contributed by atoms with Crippen LogP contribution >= 0.6 is 0 Å². The average Bonchev–Trinajstić information content (AvgIpc) is 3.26. The van der Waals surface area contributed by atoms with E-state index in [-0.39, 0.29) is 5.41 Å². The molecule has 5 fully saturated rings. The third-order valence-electron chi connectivity index (χ3n) is 12.4. The van der Waals surface area contributed by atoms with E-state index < -0.39 is 5.97 Å². The highest BCUT2D eigenvalue weighted by atomic mass is 16.4. The minimum atomic E-state index is -0.650. The van der Waals surface area contributed by atoms with Crippen LogP contribution in [0.3, 0.4) is 0 Å². The van der Waals surface area contributed by atoms with Gasteiger partial charge in [0.2, 0.25) is 0 Å². The van der Waals surface area contributed by atoms with Crippen molar-refractivity contribution in [3.8, 4) is 0 Å². The summed E-state index contributed by atoms with van der Waals surface area (Å²) in [7, 11) is 0. The van der Waals surface area contributed by atoms with Gasteiger partial charge >= 0.3 is 5.97 Å². The average molecular weight is 415 g/mol. The Morgan fingerprint density at radius 3 is 2.33 bits per heavy atom. The number of carboxylic acid groups (broad SMARTS) is 1. The van der Waals surface area contributed by atoms with Crippen molar-refractivity contribution < 1.29 is 14.7 Å². The highest BCUT2D eigenvalue weighted by Crippen LogP contribution is 2.88. The van der Waals surface area contributed by atoms with E-state index >= 15 is 0 Å². The zero-order valence-electron chi connectivity index (χ0n) is 19.9. The van der Waals surface area contributed by atoms with Crippen LogP contribution in [0, 0.1) is 50.7 Å². The first-order valence-corrected chi connectivity index (χ1v) is 12.7. The smallest absolute Gasteiger partial charge is 0.303 e. The summed E-state index contributed by atoms with van der Waals surface area (Å²) >= 11 is 0. The van der Waals surface area contributed by atoms with Gasteiger partial charge in [0, 0.05) is 18.3 Å². The summed E-state index contributed by atoms with van der Waals surface area (Å²) in [5.41, 5.74) is 1.55. The minimum absolute atomic E-state index is 0.127. The first kappa shape index (κ1) is 21.0. The van der Waals surface area contributed by atoms with Crippen LogP contribution in [-0.4, -0.2) is 16.9 Å². The maximum Gasteiger partial charge on any atom is 0.303 e. The van der Waals surface area contributed by atoms with E-state index in [4.69, 9.17) is 0 Å². The highest BCUT2D eigenvalue weighted by molar-refractivity contribution is 5.86. The Bertz CT molecular complexity index is 785. The van der Waals surface area contributed by atoms with Crippen molar-refractivity contribution in [2.45, 2.75) is 105 Å². The fourth-order valence-corrected chi connectivity index (χ4v) is 10.7. The molecule has 168 valence electrons. The molecule has 0 aliphatic heterocycles. The van der Waals surface area contributed by atoms with Gasteiger partial charge in [0.05, 0.1) is 0 Å². The van der Waals surface area contributed by atoms with E-state index in [0.29, 0.717) is 51.6 Å². The topological polar surface area (TPSA) is 54.4 Å². The lowest BCUT2D eigenvalue weighted by Crippen LogP contribution is -2.57. The van der Waals surface area contributed by atoms with Crippen LogP contribution in [0.15, 0.2) is 0 Å². The predicted molar refractivity (Wildman–Crippen MR) is 118 cm³/mol. The number of carboxylic acids is 1. The summed E-state index contributed by atoms with van der Waals surface area (Å²) in [6.07, 6.45) is 12.3. The molecular weight excluding hydrogens is 372 g/mol. The number of aliphatic carboxylic acids is 1. The van der Waals surface area contributed by atoms with Crippen molar-refractivity contribution in [2.75, 3.05) is 0 Å². The third kappa shape index (κ3) is 2.28. The maximum absolute atomic E-state index is 12.8. The molecule has 0 amide bonds. The Kier molecular flexibility index (Phi) is 4.29. The van der Waals surface area contributed by atoms with Crippen molar-refractivity contribution in [1.82, 2.24) is 0 Å². The molecule has 5 rings (SSSR count). The Morgan fingerprint density at radius 1 is 0.967 bits per heavy atom. The van der Waals surface area contributed by atoms with Crippen LogP contribution in [0.5, 0.6) is 0 Å². The van der Waals surface area contributed by atoms with Crippen molar-refractivity contribution >= 4 is 11.8 Å². The highest BCUT2D eigenvalue weighted by Gasteiger charge is 2.82. The fraction of sp³-hybridized carbons (Fsp3) is 0.926. The van der Waals surface area contributed by atoms with Crippen LogP contribution in [0.4, 0.5) is 0 Å². The van der Waals surface area contributed by atoms with Gasteiger partial charge in [-0.3, -0.25) is 9.59 Å². The monoisotopic (exact) mass is 414 g/mol. The number of rotatable bonds is 4. The number of fused-ring (bicyclic) bond motifs is 2. The molecule has 0 aromatic rings. The van der Waals surface area contributed by atoms with Crippen molar-refractivity contribution in [3.05, 3.63) is 0 Å². The molecule has 5 aliphatic carbocycles. The molecule has 0 aromatic carbocycles. The van der Waals surface area contributed by atoms with Gasteiger partial charge < -0.3 is 5.11 Å². The second-order valence-electron chi connectivity index (χ2n) is 13.2. The molecule has 5 saturated carbocycles. The lowest BCUT2D eigenvalue weighted by Gasteiger charge is -2.62. The number of ketones is 1. The van der Waals surface area contributed by atoms with Gasteiger partial charge in [-0.05, 0) is 103 Å². The van der Waals surface area contributed by atoms with Crippen LogP contribution in [0.1, 0.15) is 105 Å². The van der Waals surface area contributed by atoms with E-state index in [9.17, 15) is 14.7 Å². The van der Waals surface area contributed by atoms with Crippen LogP contribution in [0.2, 0.25) is 0 Å². The number of carbonyl (C=O) groups excluding carboxylic acids is 1. The van der Waals surface area contributed by atoms with E-state index in [1.165, 1.54) is 44.9 Å². The molecule has 2 spiro atoms. The van der Waals surface area contributed by atoms with Crippen molar-refractivity contribution in [2.24, 2.45) is 50.7 Å². The van der Waals surface area contributed by atoms with E-state index in [1.54, 1.807) is 0 Å². The number of carbonyl (C=O) groups is 2. The van der Waals surface area contributed by atoms with Gasteiger partial charge in [0.15, 0.2) is 0 Å². The summed E-state index contributed by atoms with van der Waals surface area (Å²) in [4.78, 5) is 23.9. The van der Waals surface area contributed by atoms with Crippen LogP contribution < -0.4 is 0 Å². The van der Waals surface area contributed by atoms with Gasteiger partial charge in [-0.15, -0.1) is 0 Å². The third-order valence-corrected chi connectivity index (χ3v) is 12.4. The zero-order chi connectivity index (χ0) is 21.7. The van der Waals surface area contributed by atoms with Crippen LogP contribution in [0.25, 0.3) is 0 Å². The van der Waals surface area contributed by atoms with Gasteiger partial charge in [-0.25, -0.2) is 0 Å². The molecule has 5 aliphatic rings. The van der Waals surface area contributed by atoms with Crippen molar-refractivity contribution in [3.63, 3.8) is 0 Å². The van der Waals surface area contributed by atoms with Crippen LogP contribution in [-0.2, 0) is 9.59 Å². The molecule has 8 atom stereocenters. The second kappa shape index (κ2) is 6.13. The lowest BCUT2D eigenvalue weighted by molar-refractivity contribution is -0.157. The molecule has 0 saturated heterocycles. The SMILES string of the molecule is CC(CCC(=O)O)C1CCC2(C)C3CCC4C(C)(C)C(=O)CCC45CC35CCC12C. The van der Waals surface area contributed by atoms with Gasteiger partial charge in [-0.2, -0.15) is 0 Å². The van der Waals surface area contributed by atoms with E-state index in [0.717, 1.165) is 25.2 Å². The Hall–Kier alpha value is -0.860. The second-order valence-corrected chi connectivity index (χ2v) is 13.2. The molecule has 0 radical (unpaired) electrons. The summed E-state index contributed by atoms with van der Waals surface area (Å²) in [5.74, 6) is 2.43. The van der Waals surface area contributed by atoms with E-state index in [1.807, 2.05) is 0 Å². The zero-order valence-corrected chi connectivity index (χ0v) is 19.9. The first-order valence-electron chi connectivity index (χ1n) is 12.7. The lowest BCUT2D eigenvalue weighted by atomic mass is 9.42. The summed E-state index contributed by atoms with van der Waals surface area (Å²) in [5, 5.41) is 9.19. The molecule has 30 heavy (non-hydrogen) atoms. The Morgan fingerprint density at radius 2 is 1.63 bits per heavy atom. The first-order chi connectivity index (χ1) is 13.9. The van der Waals surface area contributed by atoms with E-state index in [2.05, 4.69) is 34.6 Å². The summed E-state index contributed by atoms with van der Waals surface area (Å²) in [6, 6.07) is 0. The normalized spacial score (nSPS) is 51.9. The Balaban J connectivity index is 1.44. The number of hydrogen-bond donors (Lipinski definition) is 1. The molecule has 0 bridgehead atoms. The molecule has 3 heteroatoms. The van der Waals surface area contributed by atoms with Gasteiger partial charge in [-0.1, -0.05) is 34.6 Å². The van der Waals surface area contributed by atoms with Crippen molar-refractivity contribution in [1.29, 1.82) is 0 Å². The molecule has 3 nitrogen and oxygen atoms in total. The standard InChI is InChI=1S/C27H42O3/c1-17(6-9-22(29)30)18-10-12-25(5)20-8-7-19-23(2,3)21(28)11-13-26(19)16-27(20,26)15-14-24(18,25)4/h17-20H,6-16H2,1-5H3,(H,29,30). The molecule has 0 heterocycles.